The fourth-order valence-electron chi connectivity index (χ4n) is 2.53. The molecule has 2 amide bonds. The van der Waals surface area contributed by atoms with E-state index in [1.807, 2.05) is 0 Å². The summed E-state index contributed by atoms with van der Waals surface area (Å²) in [5.41, 5.74) is 2.12. The van der Waals surface area contributed by atoms with Crippen LogP contribution in [0.15, 0.2) is 65.1 Å². The first-order valence-electron chi connectivity index (χ1n) is 9.06. The van der Waals surface area contributed by atoms with Crippen molar-refractivity contribution in [3.05, 3.63) is 71.3 Å². The molecule has 0 unspecified atom stereocenters. The Labute approximate surface area is 175 Å². The molecule has 2 aromatic carbocycles. The molecule has 0 aromatic heterocycles. The number of nitrogens with two attached hydrogens (primary N) is 1. The average molecular weight is 429 g/mol. The zero-order chi connectivity index (χ0) is 22.3. The number of ketones is 1. The van der Waals surface area contributed by atoms with Gasteiger partial charge in [-0.2, -0.15) is 0 Å². The Bertz CT molecular complexity index is 1070. The van der Waals surface area contributed by atoms with Gasteiger partial charge in [-0.1, -0.05) is 12.1 Å². The van der Waals surface area contributed by atoms with Crippen molar-refractivity contribution in [1.29, 1.82) is 0 Å². The Balaban J connectivity index is 1.84. The van der Waals surface area contributed by atoms with Crippen LogP contribution in [0, 0.1) is 0 Å². The Morgan fingerprint density at radius 3 is 2.10 bits per heavy atom. The molecule has 0 aliphatic heterocycles. The van der Waals surface area contributed by atoms with Gasteiger partial charge in [-0.05, 0) is 62.2 Å². The zero-order valence-electron chi connectivity index (χ0n) is 16.6. The van der Waals surface area contributed by atoms with Gasteiger partial charge in [0, 0.05) is 29.4 Å². The third-order valence-corrected chi connectivity index (χ3v) is 5.15. The molecule has 0 atom stereocenters. The second-order valence-corrected chi connectivity index (χ2v) is 8.21. The Hall–Kier alpha value is -3.30. The smallest absolute Gasteiger partial charge is 0.248 e. The maximum atomic E-state index is 12.1. The molecule has 0 aliphatic rings. The number of carbonyl (C=O) groups excluding carboxylic acids is 3. The Morgan fingerprint density at radius 1 is 0.967 bits per heavy atom. The lowest BCUT2D eigenvalue weighted by atomic mass is 10.1. The lowest BCUT2D eigenvalue weighted by molar-refractivity contribution is -0.118. The van der Waals surface area contributed by atoms with Gasteiger partial charge in [-0.3, -0.25) is 14.4 Å². The predicted molar refractivity (Wildman–Crippen MR) is 113 cm³/mol. The number of amides is 2. The van der Waals surface area contributed by atoms with Gasteiger partial charge in [0.15, 0.2) is 5.78 Å². The minimum atomic E-state index is -3.74. The first-order valence-corrected chi connectivity index (χ1v) is 10.6. The van der Waals surface area contributed by atoms with Gasteiger partial charge >= 0.3 is 0 Å². The van der Waals surface area contributed by atoms with Crippen LogP contribution < -0.4 is 15.8 Å². The molecule has 4 N–H and O–H groups in total. The molecule has 9 heteroatoms. The van der Waals surface area contributed by atoms with E-state index in [1.165, 1.54) is 32.1 Å². The maximum absolute atomic E-state index is 12.1. The van der Waals surface area contributed by atoms with Gasteiger partial charge in [-0.15, -0.1) is 0 Å². The van der Waals surface area contributed by atoms with E-state index in [0.717, 1.165) is 5.56 Å². The molecule has 0 aliphatic carbocycles. The standard InChI is InChI=1S/C21H23N3O5S/c1-14(13-20(26)24-18-7-5-17(6-8-18)15(2)25)21(27)23-12-11-16-3-9-19(10-4-16)30(22,28)29/h3-10,13H,11-12H2,1-2H3,(H,23,27)(H,24,26)(H2,22,28,29)/b14-13-. The van der Waals surface area contributed by atoms with Crippen LogP contribution in [0.25, 0.3) is 0 Å². The van der Waals surface area contributed by atoms with Crippen LogP contribution >= 0.6 is 0 Å². The molecule has 0 spiro atoms. The summed E-state index contributed by atoms with van der Waals surface area (Å²) >= 11 is 0. The highest BCUT2D eigenvalue weighted by Gasteiger charge is 2.09. The van der Waals surface area contributed by atoms with E-state index in [1.54, 1.807) is 36.4 Å². The van der Waals surface area contributed by atoms with E-state index < -0.39 is 21.8 Å². The number of anilines is 1. The highest BCUT2D eigenvalue weighted by Crippen LogP contribution is 2.11. The molecule has 2 rings (SSSR count). The molecule has 0 saturated heterocycles. The quantitative estimate of drug-likeness (QED) is 0.434. The number of rotatable bonds is 8. The van der Waals surface area contributed by atoms with Gasteiger partial charge < -0.3 is 10.6 Å². The number of nitrogens with one attached hydrogen (secondary N) is 2. The van der Waals surface area contributed by atoms with E-state index in [4.69, 9.17) is 5.14 Å². The van der Waals surface area contributed by atoms with Gasteiger partial charge in [0.25, 0.3) is 0 Å². The summed E-state index contributed by atoms with van der Waals surface area (Å²) in [6.45, 7) is 3.29. The second kappa shape index (κ2) is 9.95. The van der Waals surface area contributed by atoms with Crippen molar-refractivity contribution in [2.45, 2.75) is 25.2 Å². The summed E-state index contributed by atoms with van der Waals surface area (Å²) in [7, 11) is -3.74. The van der Waals surface area contributed by atoms with Gasteiger partial charge in [0.05, 0.1) is 4.90 Å². The van der Waals surface area contributed by atoms with Crippen molar-refractivity contribution in [3.8, 4) is 0 Å². The number of primary sulfonamides is 1. The molecule has 30 heavy (non-hydrogen) atoms. The normalized spacial score (nSPS) is 11.6. The van der Waals surface area contributed by atoms with Crippen molar-refractivity contribution >= 4 is 33.3 Å². The number of carbonyl (C=O) groups is 3. The molecule has 0 heterocycles. The van der Waals surface area contributed by atoms with E-state index in [-0.39, 0.29) is 16.3 Å². The van der Waals surface area contributed by atoms with Crippen LogP contribution in [-0.4, -0.2) is 32.6 Å². The third kappa shape index (κ3) is 6.94. The van der Waals surface area contributed by atoms with Crippen LogP contribution in [0.3, 0.4) is 0 Å². The second-order valence-electron chi connectivity index (χ2n) is 6.64. The van der Waals surface area contributed by atoms with Gasteiger partial charge in [0.1, 0.15) is 0 Å². The SMILES string of the molecule is CC(=O)c1ccc(NC(=O)/C=C(/C)C(=O)NCCc2ccc(S(N)(=O)=O)cc2)cc1. The van der Waals surface area contributed by atoms with E-state index in [9.17, 15) is 22.8 Å². The molecule has 0 radical (unpaired) electrons. The van der Waals surface area contributed by atoms with Crippen molar-refractivity contribution in [2.24, 2.45) is 5.14 Å². The fourth-order valence-corrected chi connectivity index (χ4v) is 3.05. The minimum Gasteiger partial charge on any atom is -0.352 e. The zero-order valence-corrected chi connectivity index (χ0v) is 17.5. The molecule has 158 valence electrons. The van der Waals surface area contributed by atoms with Crippen molar-refractivity contribution in [2.75, 3.05) is 11.9 Å². The van der Waals surface area contributed by atoms with Crippen LogP contribution in [0.1, 0.15) is 29.8 Å². The van der Waals surface area contributed by atoms with E-state index in [0.29, 0.717) is 24.2 Å². The fraction of sp³-hybridized carbons (Fsp3) is 0.190. The monoisotopic (exact) mass is 429 g/mol. The largest absolute Gasteiger partial charge is 0.352 e. The summed E-state index contributed by atoms with van der Waals surface area (Å²) in [5.74, 6) is -0.921. The van der Waals surface area contributed by atoms with Crippen molar-refractivity contribution in [1.82, 2.24) is 5.32 Å². The molecule has 0 saturated carbocycles. The molecule has 2 aromatic rings. The molecular formula is C21H23N3O5S. The number of benzene rings is 2. The third-order valence-electron chi connectivity index (χ3n) is 4.22. The molecule has 0 bridgehead atoms. The maximum Gasteiger partial charge on any atom is 0.248 e. The summed E-state index contributed by atoms with van der Waals surface area (Å²) in [6, 6.07) is 12.5. The van der Waals surface area contributed by atoms with Crippen LogP contribution in [-0.2, 0) is 26.0 Å². The number of sulfonamides is 1. The van der Waals surface area contributed by atoms with Crippen LogP contribution in [0.2, 0.25) is 0 Å². The average Bonchev–Trinajstić information content (AvgIpc) is 2.67. The highest BCUT2D eigenvalue weighted by molar-refractivity contribution is 7.89. The lowest BCUT2D eigenvalue weighted by Gasteiger charge is -2.07. The van der Waals surface area contributed by atoms with Gasteiger partial charge in [0.2, 0.25) is 21.8 Å². The lowest BCUT2D eigenvalue weighted by Crippen LogP contribution is -2.27. The highest BCUT2D eigenvalue weighted by atomic mass is 32.2. The van der Waals surface area contributed by atoms with E-state index in [2.05, 4.69) is 10.6 Å². The molecule has 0 fully saturated rings. The van der Waals surface area contributed by atoms with E-state index >= 15 is 0 Å². The summed E-state index contributed by atoms with van der Waals surface area (Å²) in [5, 5.41) is 10.4. The summed E-state index contributed by atoms with van der Waals surface area (Å²) in [6.07, 6.45) is 1.67. The molecule has 8 nitrogen and oxygen atoms in total. The number of Topliss-reactive ketones (excluding diaryl/α,β-unsaturated/α-hetero) is 1. The molecular weight excluding hydrogens is 406 g/mol. The first-order chi connectivity index (χ1) is 14.1. The van der Waals surface area contributed by atoms with Crippen molar-refractivity contribution < 1.29 is 22.8 Å². The predicted octanol–water partition coefficient (Wildman–Crippen LogP) is 1.78. The summed E-state index contributed by atoms with van der Waals surface area (Å²) in [4.78, 5) is 35.5. The van der Waals surface area contributed by atoms with Crippen LogP contribution in [0.4, 0.5) is 5.69 Å². The van der Waals surface area contributed by atoms with Crippen molar-refractivity contribution in [3.63, 3.8) is 0 Å². The topological polar surface area (TPSA) is 135 Å². The number of hydrogen-bond acceptors (Lipinski definition) is 5. The minimum absolute atomic E-state index is 0.0241. The number of hydrogen-bond donors (Lipinski definition) is 3. The van der Waals surface area contributed by atoms with Crippen LogP contribution in [0.5, 0.6) is 0 Å². The first kappa shape index (κ1) is 23.0. The Morgan fingerprint density at radius 2 is 1.57 bits per heavy atom. The summed E-state index contributed by atoms with van der Waals surface area (Å²) < 4.78 is 22.5. The Kier molecular flexibility index (Phi) is 7.62. The van der Waals surface area contributed by atoms with Gasteiger partial charge in [-0.25, -0.2) is 13.6 Å².